The van der Waals surface area contributed by atoms with Gasteiger partial charge in [0.25, 0.3) is 0 Å². The summed E-state index contributed by atoms with van der Waals surface area (Å²) in [6.07, 6.45) is 6.05. The van der Waals surface area contributed by atoms with Crippen LogP contribution in [0.25, 0.3) is 0 Å². The molecule has 114 valence electrons. The average Bonchev–Trinajstić information content (AvgIpc) is 3.07. The third kappa shape index (κ3) is 3.06. The van der Waals surface area contributed by atoms with Gasteiger partial charge in [-0.05, 0) is 32.9 Å². The van der Waals surface area contributed by atoms with Crippen LogP contribution < -0.4 is 11.3 Å². The van der Waals surface area contributed by atoms with E-state index < -0.39 is 0 Å². The van der Waals surface area contributed by atoms with Crippen molar-refractivity contribution in [3.63, 3.8) is 0 Å². The van der Waals surface area contributed by atoms with Gasteiger partial charge in [-0.2, -0.15) is 0 Å². The molecule has 5 heteroatoms. The first-order valence-corrected chi connectivity index (χ1v) is 8.66. The summed E-state index contributed by atoms with van der Waals surface area (Å²) in [5, 5.41) is 3.32. The van der Waals surface area contributed by atoms with E-state index in [9.17, 15) is 0 Å². The Hall–Kier alpha value is -0.490. The molecule has 4 nitrogen and oxygen atoms in total. The van der Waals surface area contributed by atoms with E-state index in [4.69, 9.17) is 5.84 Å². The average molecular weight is 296 g/mol. The summed E-state index contributed by atoms with van der Waals surface area (Å²) in [4.78, 5) is 7.22. The number of aromatic nitrogens is 1. The molecule has 1 aliphatic carbocycles. The maximum Gasteiger partial charge on any atom is 0.0944 e. The Bertz CT molecular complexity index is 408. The van der Waals surface area contributed by atoms with E-state index in [-0.39, 0.29) is 11.6 Å². The number of rotatable bonds is 7. The van der Waals surface area contributed by atoms with E-state index in [0.29, 0.717) is 0 Å². The van der Waals surface area contributed by atoms with E-state index in [2.05, 4.69) is 41.5 Å². The van der Waals surface area contributed by atoms with Crippen LogP contribution in [0.15, 0.2) is 5.38 Å². The lowest BCUT2D eigenvalue weighted by molar-refractivity contribution is 0.0629. The number of aryl methyl sites for hydroxylation is 1. The molecule has 3 N–H and O–H groups in total. The van der Waals surface area contributed by atoms with Gasteiger partial charge in [-0.3, -0.25) is 16.2 Å². The second kappa shape index (κ2) is 6.98. The highest BCUT2D eigenvalue weighted by atomic mass is 32.1. The number of hydrazine groups is 1. The molecular weight excluding hydrogens is 268 g/mol. The summed E-state index contributed by atoms with van der Waals surface area (Å²) in [6.45, 7) is 8.74. The lowest BCUT2D eigenvalue weighted by Crippen LogP contribution is -2.62. The monoisotopic (exact) mass is 296 g/mol. The number of hydrogen-bond acceptors (Lipinski definition) is 5. The van der Waals surface area contributed by atoms with E-state index in [1.54, 1.807) is 11.3 Å². The molecule has 0 aromatic carbocycles. The van der Waals surface area contributed by atoms with Crippen molar-refractivity contribution in [1.82, 2.24) is 15.3 Å². The van der Waals surface area contributed by atoms with Gasteiger partial charge < -0.3 is 0 Å². The molecule has 2 rings (SSSR count). The van der Waals surface area contributed by atoms with Crippen molar-refractivity contribution in [2.75, 3.05) is 13.1 Å². The lowest BCUT2D eigenvalue weighted by atomic mass is 9.84. The van der Waals surface area contributed by atoms with Crippen LogP contribution in [0.2, 0.25) is 0 Å². The molecule has 0 amide bonds. The molecule has 20 heavy (non-hydrogen) atoms. The largest absolute Gasteiger partial charge is 0.297 e. The van der Waals surface area contributed by atoms with Crippen molar-refractivity contribution in [3.8, 4) is 0 Å². The highest BCUT2D eigenvalue weighted by Gasteiger charge is 2.44. The molecule has 0 radical (unpaired) electrons. The van der Waals surface area contributed by atoms with Gasteiger partial charge in [0.15, 0.2) is 0 Å². The summed E-state index contributed by atoms with van der Waals surface area (Å²) in [5.41, 5.74) is 4.44. The topological polar surface area (TPSA) is 54.2 Å². The second-order valence-electron chi connectivity index (χ2n) is 5.79. The number of hydrogen-bond donors (Lipinski definition) is 2. The number of likely N-dealkylation sites (N-methyl/N-ethyl adjacent to an activating group) is 1. The van der Waals surface area contributed by atoms with Crippen molar-refractivity contribution in [2.45, 2.75) is 64.5 Å². The maximum atomic E-state index is 5.94. The summed E-state index contributed by atoms with van der Waals surface area (Å²) in [5.74, 6) is 5.94. The van der Waals surface area contributed by atoms with Crippen LogP contribution >= 0.6 is 11.3 Å². The number of nitrogens with two attached hydrogens (primary N) is 1. The number of thiazole rings is 1. The first-order valence-electron chi connectivity index (χ1n) is 7.78. The van der Waals surface area contributed by atoms with Crippen molar-refractivity contribution in [1.29, 1.82) is 0 Å². The molecule has 0 saturated heterocycles. The molecule has 1 heterocycles. The summed E-state index contributed by atoms with van der Waals surface area (Å²) < 4.78 is 0. The highest BCUT2D eigenvalue weighted by Crippen LogP contribution is 2.39. The molecule has 1 unspecified atom stereocenters. The smallest absolute Gasteiger partial charge is 0.0944 e. The minimum Gasteiger partial charge on any atom is -0.297 e. The van der Waals surface area contributed by atoms with Crippen LogP contribution in [0.4, 0.5) is 0 Å². The molecule has 0 aliphatic heterocycles. The molecule has 1 atom stereocenters. The molecule has 0 bridgehead atoms. The standard InChI is InChI=1S/C15H28N4S/c1-4-19(5-2)15(8-6-7-9-15)13(18-16)10-14-17-12(3)11-20-14/h11,13,18H,4-10,16H2,1-3H3. The van der Waals surface area contributed by atoms with Crippen molar-refractivity contribution in [2.24, 2.45) is 5.84 Å². The highest BCUT2D eigenvalue weighted by molar-refractivity contribution is 7.09. The van der Waals surface area contributed by atoms with Gasteiger partial charge in [0.2, 0.25) is 0 Å². The predicted molar refractivity (Wildman–Crippen MR) is 85.8 cm³/mol. The third-order valence-corrected chi connectivity index (χ3v) is 5.75. The number of nitrogens with one attached hydrogen (secondary N) is 1. The van der Waals surface area contributed by atoms with Crippen molar-refractivity contribution in [3.05, 3.63) is 16.1 Å². The van der Waals surface area contributed by atoms with Crippen molar-refractivity contribution >= 4 is 11.3 Å². The van der Waals surface area contributed by atoms with E-state index >= 15 is 0 Å². The Labute approximate surface area is 126 Å². The Morgan fingerprint density at radius 3 is 2.50 bits per heavy atom. The third-order valence-electron chi connectivity index (χ3n) is 4.76. The lowest BCUT2D eigenvalue weighted by Gasteiger charge is -2.46. The molecule has 1 aromatic heterocycles. The van der Waals surface area contributed by atoms with E-state index in [1.165, 1.54) is 30.7 Å². The minimum atomic E-state index is 0.206. The fourth-order valence-corrected chi connectivity index (χ4v) is 4.62. The molecule has 1 aliphatic rings. The van der Waals surface area contributed by atoms with Crippen LogP contribution in [-0.4, -0.2) is 34.6 Å². The van der Waals surface area contributed by atoms with E-state index in [1.807, 2.05) is 0 Å². The van der Waals surface area contributed by atoms with Crippen LogP contribution in [-0.2, 0) is 6.42 Å². The molecule has 1 saturated carbocycles. The van der Waals surface area contributed by atoms with Gasteiger partial charge in [-0.15, -0.1) is 11.3 Å². The number of nitrogens with zero attached hydrogens (tertiary/aromatic N) is 2. The van der Waals surface area contributed by atoms with Gasteiger partial charge in [-0.1, -0.05) is 26.7 Å². The second-order valence-corrected chi connectivity index (χ2v) is 6.73. The Balaban J connectivity index is 2.21. The van der Waals surface area contributed by atoms with Crippen LogP contribution in [0.3, 0.4) is 0 Å². The van der Waals surface area contributed by atoms with Gasteiger partial charge in [0.05, 0.1) is 5.01 Å². The van der Waals surface area contributed by atoms with Crippen molar-refractivity contribution < 1.29 is 0 Å². The van der Waals surface area contributed by atoms with Crippen LogP contribution in [0, 0.1) is 6.92 Å². The molecule has 0 spiro atoms. The first kappa shape index (κ1) is 15.9. The summed E-state index contributed by atoms with van der Waals surface area (Å²) >= 11 is 1.75. The zero-order valence-electron chi connectivity index (χ0n) is 13.0. The quantitative estimate of drug-likeness (QED) is 0.599. The normalized spacial score (nSPS) is 19.6. The van der Waals surface area contributed by atoms with Crippen LogP contribution in [0.1, 0.15) is 50.2 Å². The first-order chi connectivity index (χ1) is 9.66. The molecule has 1 aromatic rings. The van der Waals surface area contributed by atoms with Gasteiger partial charge in [-0.25, -0.2) is 4.98 Å². The zero-order valence-corrected chi connectivity index (χ0v) is 13.8. The Morgan fingerprint density at radius 2 is 2.05 bits per heavy atom. The zero-order chi connectivity index (χ0) is 14.6. The van der Waals surface area contributed by atoms with Gasteiger partial charge >= 0.3 is 0 Å². The fourth-order valence-electron chi connectivity index (χ4n) is 3.80. The Morgan fingerprint density at radius 1 is 1.40 bits per heavy atom. The van der Waals surface area contributed by atoms with E-state index in [0.717, 1.165) is 25.2 Å². The van der Waals surface area contributed by atoms with Crippen LogP contribution in [0.5, 0.6) is 0 Å². The molecular formula is C15H28N4S. The van der Waals surface area contributed by atoms with Gasteiger partial charge in [0, 0.05) is 29.1 Å². The minimum absolute atomic E-state index is 0.206. The maximum absolute atomic E-state index is 5.94. The summed E-state index contributed by atoms with van der Waals surface area (Å²) in [6, 6.07) is 0.287. The predicted octanol–water partition coefficient (Wildman–Crippen LogP) is 2.48. The SMILES string of the molecule is CCN(CC)C1(C(Cc2nc(C)cs2)NN)CCCC1. The Kier molecular flexibility index (Phi) is 5.55. The molecule has 1 fully saturated rings. The summed E-state index contributed by atoms with van der Waals surface area (Å²) in [7, 11) is 0. The fraction of sp³-hybridized carbons (Fsp3) is 0.800. The van der Waals surface area contributed by atoms with Gasteiger partial charge in [0.1, 0.15) is 0 Å².